The summed E-state index contributed by atoms with van der Waals surface area (Å²) in [5.74, 6) is 2.25. The van der Waals surface area contributed by atoms with Gasteiger partial charge in [0.15, 0.2) is 0 Å². The molecule has 4 heteroatoms. The van der Waals surface area contributed by atoms with Crippen molar-refractivity contribution in [3.8, 4) is 0 Å². The maximum Gasteiger partial charge on any atom is 0.131 e. The fourth-order valence-electron chi connectivity index (χ4n) is 2.65. The quantitative estimate of drug-likeness (QED) is 0.830. The highest BCUT2D eigenvalue weighted by Gasteiger charge is 2.35. The highest BCUT2D eigenvalue weighted by atomic mass is 15.2. The molecule has 2 aliphatic carbocycles. The molecule has 2 aliphatic rings. The molecule has 0 saturated heterocycles. The van der Waals surface area contributed by atoms with Crippen LogP contribution in [0.15, 0.2) is 6.20 Å². The van der Waals surface area contributed by atoms with E-state index in [1.54, 1.807) is 0 Å². The average molecular weight is 274 g/mol. The first-order valence-corrected chi connectivity index (χ1v) is 7.96. The fourth-order valence-corrected chi connectivity index (χ4v) is 2.65. The van der Waals surface area contributed by atoms with Crippen molar-refractivity contribution in [3.05, 3.63) is 17.7 Å². The van der Waals surface area contributed by atoms with Gasteiger partial charge in [0.05, 0.1) is 17.6 Å². The minimum Gasteiger partial charge on any atom is -0.366 e. The van der Waals surface area contributed by atoms with E-state index in [1.807, 2.05) is 7.05 Å². The van der Waals surface area contributed by atoms with E-state index in [-0.39, 0.29) is 0 Å². The SMILES string of the molecule is CNCc1nc(C(C)C)ncc1N(CC1CC1)C1CC1. The third-order valence-electron chi connectivity index (χ3n) is 4.17. The molecule has 2 fully saturated rings. The summed E-state index contributed by atoms with van der Waals surface area (Å²) in [5, 5.41) is 3.26. The number of aromatic nitrogens is 2. The normalized spacial score (nSPS) is 18.6. The van der Waals surface area contributed by atoms with Crippen molar-refractivity contribution >= 4 is 5.69 Å². The summed E-state index contributed by atoms with van der Waals surface area (Å²) < 4.78 is 0. The van der Waals surface area contributed by atoms with E-state index >= 15 is 0 Å². The van der Waals surface area contributed by atoms with E-state index in [2.05, 4.69) is 35.2 Å². The van der Waals surface area contributed by atoms with Crippen molar-refractivity contribution in [2.24, 2.45) is 5.92 Å². The lowest BCUT2D eigenvalue weighted by Gasteiger charge is -2.26. The molecule has 1 N–H and O–H groups in total. The molecule has 1 heterocycles. The number of nitrogens with zero attached hydrogens (tertiary/aromatic N) is 3. The predicted molar refractivity (Wildman–Crippen MR) is 82.0 cm³/mol. The van der Waals surface area contributed by atoms with Crippen LogP contribution in [-0.4, -0.2) is 29.6 Å². The number of hydrogen-bond donors (Lipinski definition) is 1. The lowest BCUT2D eigenvalue weighted by atomic mass is 10.2. The molecule has 0 bridgehead atoms. The smallest absolute Gasteiger partial charge is 0.131 e. The molecule has 3 rings (SSSR count). The summed E-state index contributed by atoms with van der Waals surface area (Å²) in [6, 6.07) is 0.736. The highest BCUT2D eigenvalue weighted by Crippen LogP contribution is 2.38. The summed E-state index contributed by atoms with van der Waals surface area (Å²) in [6.07, 6.45) is 7.52. The van der Waals surface area contributed by atoms with E-state index in [4.69, 9.17) is 4.98 Å². The zero-order valence-electron chi connectivity index (χ0n) is 12.9. The number of nitrogens with one attached hydrogen (secondary N) is 1. The summed E-state index contributed by atoms with van der Waals surface area (Å²) >= 11 is 0. The zero-order chi connectivity index (χ0) is 14.1. The first-order chi connectivity index (χ1) is 9.69. The molecular weight excluding hydrogens is 248 g/mol. The van der Waals surface area contributed by atoms with Crippen molar-refractivity contribution in [1.29, 1.82) is 0 Å². The summed E-state index contributed by atoms with van der Waals surface area (Å²) in [5.41, 5.74) is 2.43. The Morgan fingerprint density at radius 3 is 2.60 bits per heavy atom. The largest absolute Gasteiger partial charge is 0.366 e. The molecule has 0 amide bonds. The Labute approximate surface area is 122 Å². The lowest BCUT2D eigenvalue weighted by Crippen LogP contribution is -2.30. The Bertz CT molecular complexity index is 464. The van der Waals surface area contributed by atoms with E-state index in [1.165, 1.54) is 43.6 Å². The van der Waals surface area contributed by atoms with Crippen LogP contribution in [0.4, 0.5) is 5.69 Å². The Kier molecular flexibility index (Phi) is 3.92. The topological polar surface area (TPSA) is 41.1 Å². The molecule has 20 heavy (non-hydrogen) atoms. The molecule has 4 nitrogen and oxygen atoms in total. The van der Waals surface area contributed by atoms with Gasteiger partial charge in [-0.3, -0.25) is 0 Å². The van der Waals surface area contributed by atoms with Crippen LogP contribution in [0.3, 0.4) is 0 Å². The van der Waals surface area contributed by atoms with Crippen LogP contribution < -0.4 is 10.2 Å². The number of anilines is 1. The van der Waals surface area contributed by atoms with E-state index in [0.29, 0.717) is 5.92 Å². The lowest BCUT2D eigenvalue weighted by molar-refractivity contribution is 0.683. The molecule has 1 aromatic heterocycles. The molecule has 1 aromatic rings. The van der Waals surface area contributed by atoms with E-state index in [9.17, 15) is 0 Å². The van der Waals surface area contributed by atoms with Gasteiger partial charge < -0.3 is 10.2 Å². The summed E-state index contributed by atoms with van der Waals surface area (Å²) in [4.78, 5) is 12.0. The van der Waals surface area contributed by atoms with Gasteiger partial charge in [-0.25, -0.2) is 9.97 Å². The maximum absolute atomic E-state index is 4.81. The highest BCUT2D eigenvalue weighted by molar-refractivity contribution is 5.51. The molecule has 0 atom stereocenters. The average Bonchev–Trinajstić information content (AvgIpc) is 3.29. The third-order valence-corrected chi connectivity index (χ3v) is 4.17. The first kappa shape index (κ1) is 13.8. The molecule has 2 saturated carbocycles. The van der Waals surface area contributed by atoms with Crippen LogP contribution in [0.1, 0.15) is 57.0 Å². The van der Waals surface area contributed by atoms with Gasteiger partial charge in [0.2, 0.25) is 0 Å². The minimum atomic E-state index is 0.387. The summed E-state index contributed by atoms with van der Waals surface area (Å²) in [7, 11) is 1.99. The van der Waals surface area contributed by atoms with E-state index in [0.717, 1.165) is 24.3 Å². The van der Waals surface area contributed by atoms with E-state index < -0.39 is 0 Å². The van der Waals surface area contributed by atoms with Crippen LogP contribution in [0.25, 0.3) is 0 Å². The van der Waals surface area contributed by atoms with Crippen molar-refractivity contribution in [2.75, 3.05) is 18.5 Å². The first-order valence-electron chi connectivity index (χ1n) is 7.96. The second-order valence-electron chi connectivity index (χ2n) is 6.57. The van der Waals surface area contributed by atoms with Crippen molar-refractivity contribution in [1.82, 2.24) is 15.3 Å². The second kappa shape index (κ2) is 5.68. The summed E-state index contributed by atoms with van der Waals surface area (Å²) in [6.45, 7) is 6.33. The van der Waals surface area contributed by atoms with Gasteiger partial charge in [0.25, 0.3) is 0 Å². The Balaban J connectivity index is 1.88. The van der Waals surface area contributed by atoms with Gasteiger partial charge >= 0.3 is 0 Å². The van der Waals surface area contributed by atoms with Gasteiger partial charge in [0.1, 0.15) is 5.82 Å². The second-order valence-corrected chi connectivity index (χ2v) is 6.57. The van der Waals surface area contributed by atoms with Crippen molar-refractivity contribution < 1.29 is 0 Å². The van der Waals surface area contributed by atoms with Crippen molar-refractivity contribution in [2.45, 2.75) is 58.0 Å². The van der Waals surface area contributed by atoms with Gasteiger partial charge in [-0.2, -0.15) is 0 Å². The number of hydrogen-bond acceptors (Lipinski definition) is 4. The Morgan fingerprint density at radius 2 is 2.05 bits per heavy atom. The number of rotatable bonds is 7. The molecule has 0 spiro atoms. The molecule has 0 radical (unpaired) electrons. The van der Waals surface area contributed by atoms with Gasteiger partial charge in [-0.05, 0) is 38.6 Å². The van der Waals surface area contributed by atoms with Crippen LogP contribution in [-0.2, 0) is 6.54 Å². The van der Waals surface area contributed by atoms with Gasteiger partial charge in [0, 0.05) is 25.0 Å². The van der Waals surface area contributed by atoms with Crippen molar-refractivity contribution in [3.63, 3.8) is 0 Å². The molecule has 110 valence electrons. The third kappa shape index (κ3) is 3.11. The van der Waals surface area contributed by atoms with Crippen LogP contribution in [0, 0.1) is 5.92 Å². The van der Waals surface area contributed by atoms with Gasteiger partial charge in [-0.1, -0.05) is 13.8 Å². The van der Waals surface area contributed by atoms with Gasteiger partial charge in [-0.15, -0.1) is 0 Å². The maximum atomic E-state index is 4.81. The molecule has 0 aromatic carbocycles. The molecule has 0 aliphatic heterocycles. The fraction of sp³-hybridized carbons (Fsp3) is 0.750. The standard InChI is InChI=1S/C16H26N4/c1-11(2)16-18-9-15(14(19-16)8-17-3)20(13-6-7-13)10-12-4-5-12/h9,11-13,17H,4-8,10H2,1-3H3. The van der Waals surface area contributed by atoms with Crippen LogP contribution >= 0.6 is 0 Å². The predicted octanol–water partition coefficient (Wildman–Crippen LogP) is 2.70. The van der Waals surface area contributed by atoms with Crippen LogP contribution in [0.5, 0.6) is 0 Å². The van der Waals surface area contributed by atoms with Crippen LogP contribution in [0.2, 0.25) is 0 Å². The zero-order valence-corrected chi connectivity index (χ0v) is 12.9. The Morgan fingerprint density at radius 1 is 1.30 bits per heavy atom. The molecule has 0 unspecified atom stereocenters. The minimum absolute atomic E-state index is 0.387. The Hall–Kier alpha value is -1.16. The monoisotopic (exact) mass is 274 g/mol. The molecular formula is C16H26N4.